The summed E-state index contributed by atoms with van der Waals surface area (Å²) < 4.78 is 10.1. The van der Waals surface area contributed by atoms with E-state index in [2.05, 4.69) is 13.5 Å². The van der Waals surface area contributed by atoms with E-state index >= 15 is 0 Å². The van der Waals surface area contributed by atoms with E-state index in [0.29, 0.717) is 13.0 Å². The Morgan fingerprint density at radius 2 is 1.46 bits per heavy atom. The molecule has 0 aromatic rings. The van der Waals surface area contributed by atoms with Crippen molar-refractivity contribution >= 4 is 11.9 Å². The lowest BCUT2D eigenvalue weighted by Crippen LogP contribution is -2.12. The van der Waals surface area contributed by atoms with Gasteiger partial charge in [-0.2, -0.15) is 0 Å². The van der Waals surface area contributed by atoms with Gasteiger partial charge in [0, 0.05) is 18.6 Å². The molecule has 0 saturated heterocycles. The minimum atomic E-state index is -0.538. The molecule has 0 rings (SSSR count). The maximum absolute atomic E-state index is 11.5. The Bertz CT molecular complexity index is 374. The van der Waals surface area contributed by atoms with Crippen molar-refractivity contribution < 1.29 is 19.1 Å². The summed E-state index contributed by atoms with van der Waals surface area (Å²) in [5.41, 5.74) is 0. The van der Waals surface area contributed by atoms with Crippen LogP contribution >= 0.6 is 0 Å². The van der Waals surface area contributed by atoms with Gasteiger partial charge in [0.25, 0.3) is 0 Å². The van der Waals surface area contributed by atoms with Crippen molar-refractivity contribution in [2.75, 3.05) is 6.61 Å². The van der Waals surface area contributed by atoms with Gasteiger partial charge in [0.15, 0.2) is 0 Å². The van der Waals surface area contributed by atoms with Crippen LogP contribution in [0.1, 0.15) is 78.1 Å². The molecule has 0 N–H and O–H groups in total. The fraction of sp³-hybridized carbons (Fsp3) is 0.700. The summed E-state index contributed by atoms with van der Waals surface area (Å²) in [5, 5.41) is 0. The Morgan fingerprint density at radius 1 is 0.917 bits per heavy atom. The van der Waals surface area contributed by atoms with E-state index in [0.717, 1.165) is 25.0 Å². The molecule has 0 heterocycles. The Balaban J connectivity index is 3.53. The highest BCUT2D eigenvalue weighted by Gasteiger charge is 2.05. The first-order chi connectivity index (χ1) is 11.6. The molecule has 138 valence electrons. The zero-order chi connectivity index (χ0) is 18.0. The second-order valence-corrected chi connectivity index (χ2v) is 6.10. The minimum Gasteiger partial charge on any atom is -0.463 e. The molecular weight excluding hydrogens is 304 g/mol. The summed E-state index contributed by atoms with van der Waals surface area (Å²) in [4.78, 5) is 22.9. The number of carbonyl (C=O) groups is 2. The summed E-state index contributed by atoms with van der Waals surface area (Å²) >= 11 is 0. The summed E-state index contributed by atoms with van der Waals surface area (Å²) in [5.74, 6) is -1.03. The zero-order valence-electron chi connectivity index (χ0n) is 15.4. The van der Waals surface area contributed by atoms with Gasteiger partial charge in [-0.15, -0.1) is 6.58 Å². The van der Waals surface area contributed by atoms with Gasteiger partial charge in [0.05, 0.1) is 6.61 Å². The Hall–Kier alpha value is -1.58. The van der Waals surface area contributed by atoms with Crippen LogP contribution in [0, 0.1) is 0 Å². The first-order valence-corrected chi connectivity index (χ1v) is 9.26. The molecule has 24 heavy (non-hydrogen) atoms. The molecule has 0 aliphatic heterocycles. The van der Waals surface area contributed by atoms with Crippen LogP contribution in [0.15, 0.2) is 24.8 Å². The van der Waals surface area contributed by atoms with Crippen LogP contribution in [0.5, 0.6) is 0 Å². The molecule has 0 bridgehead atoms. The molecule has 1 unspecified atom stereocenters. The number of carbonyl (C=O) groups excluding carboxylic acids is 2. The first-order valence-electron chi connectivity index (χ1n) is 9.26. The normalized spacial score (nSPS) is 12.1. The van der Waals surface area contributed by atoms with Gasteiger partial charge in [-0.1, -0.05) is 64.4 Å². The molecule has 0 aliphatic rings. The van der Waals surface area contributed by atoms with Gasteiger partial charge < -0.3 is 9.47 Å². The van der Waals surface area contributed by atoms with Crippen molar-refractivity contribution in [2.45, 2.75) is 84.2 Å². The molecule has 0 amide bonds. The lowest BCUT2D eigenvalue weighted by molar-refractivity contribution is -0.143. The lowest BCUT2D eigenvalue weighted by atomic mass is 10.1. The van der Waals surface area contributed by atoms with Crippen LogP contribution in [-0.4, -0.2) is 24.6 Å². The van der Waals surface area contributed by atoms with Crippen molar-refractivity contribution in [2.24, 2.45) is 0 Å². The summed E-state index contributed by atoms with van der Waals surface area (Å²) in [6.07, 6.45) is 15.2. The van der Waals surface area contributed by atoms with E-state index in [1.165, 1.54) is 44.9 Å². The van der Waals surface area contributed by atoms with E-state index in [1.807, 2.05) is 0 Å². The smallest absolute Gasteiger partial charge is 0.331 e. The van der Waals surface area contributed by atoms with E-state index < -0.39 is 11.9 Å². The molecule has 0 radical (unpaired) electrons. The Kier molecular flexibility index (Phi) is 15.2. The maximum Gasteiger partial charge on any atom is 0.331 e. The fourth-order valence-corrected chi connectivity index (χ4v) is 2.29. The van der Waals surface area contributed by atoms with E-state index in [9.17, 15) is 9.59 Å². The predicted octanol–water partition coefficient (Wildman–Crippen LogP) is 5.12. The molecule has 1 atom stereocenters. The van der Waals surface area contributed by atoms with Crippen molar-refractivity contribution in [3.05, 3.63) is 24.8 Å². The Morgan fingerprint density at radius 3 is 2.04 bits per heavy atom. The molecule has 4 nitrogen and oxygen atoms in total. The highest BCUT2D eigenvalue weighted by atomic mass is 16.5. The quantitative estimate of drug-likeness (QED) is 0.180. The van der Waals surface area contributed by atoms with Crippen LogP contribution in [-0.2, 0) is 19.1 Å². The first kappa shape index (κ1) is 22.4. The van der Waals surface area contributed by atoms with Gasteiger partial charge in [-0.25, -0.2) is 9.59 Å². The molecule has 0 aromatic heterocycles. The molecule has 0 saturated carbocycles. The van der Waals surface area contributed by atoms with Gasteiger partial charge in [-0.05, 0) is 13.3 Å². The topological polar surface area (TPSA) is 52.6 Å². The second-order valence-electron chi connectivity index (χ2n) is 6.10. The number of hydrogen-bond acceptors (Lipinski definition) is 4. The molecule has 0 aliphatic carbocycles. The van der Waals surface area contributed by atoms with Crippen LogP contribution in [0.3, 0.4) is 0 Å². The SMILES string of the molecule is C=CCC(C)OC(=O)/C=C/C(=O)OCCCCCCCCCCC. The third-order valence-electron chi connectivity index (χ3n) is 3.66. The minimum absolute atomic E-state index is 0.238. The molecule has 4 heteroatoms. The van der Waals surface area contributed by atoms with E-state index in [-0.39, 0.29) is 6.10 Å². The lowest BCUT2D eigenvalue weighted by Gasteiger charge is -2.08. The average Bonchev–Trinajstić information content (AvgIpc) is 2.55. The van der Waals surface area contributed by atoms with Crippen molar-refractivity contribution in [3.8, 4) is 0 Å². The van der Waals surface area contributed by atoms with Crippen molar-refractivity contribution in [3.63, 3.8) is 0 Å². The average molecular weight is 338 g/mol. The monoisotopic (exact) mass is 338 g/mol. The van der Waals surface area contributed by atoms with Gasteiger partial charge >= 0.3 is 11.9 Å². The summed E-state index contributed by atoms with van der Waals surface area (Å²) in [6.45, 7) is 7.98. The fourth-order valence-electron chi connectivity index (χ4n) is 2.29. The number of ether oxygens (including phenoxy) is 2. The molecule has 0 spiro atoms. The standard InChI is InChI=1S/C20H34O4/c1-4-6-7-8-9-10-11-12-13-17-23-19(21)15-16-20(22)24-18(3)14-5-2/h5,15-16,18H,2,4,6-14,17H2,1,3H3/b16-15+. The number of rotatable bonds is 15. The van der Waals surface area contributed by atoms with E-state index in [1.54, 1.807) is 13.0 Å². The van der Waals surface area contributed by atoms with Gasteiger partial charge in [-0.3, -0.25) is 0 Å². The summed E-state index contributed by atoms with van der Waals surface area (Å²) in [7, 11) is 0. The summed E-state index contributed by atoms with van der Waals surface area (Å²) in [6, 6.07) is 0. The number of hydrogen-bond donors (Lipinski definition) is 0. The molecule has 0 aromatic carbocycles. The van der Waals surface area contributed by atoms with Gasteiger partial charge in [0.2, 0.25) is 0 Å². The van der Waals surface area contributed by atoms with Crippen molar-refractivity contribution in [1.29, 1.82) is 0 Å². The van der Waals surface area contributed by atoms with Crippen molar-refractivity contribution in [1.82, 2.24) is 0 Å². The predicted molar refractivity (Wildman–Crippen MR) is 97.7 cm³/mol. The van der Waals surface area contributed by atoms with Crippen LogP contribution < -0.4 is 0 Å². The third kappa shape index (κ3) is 15.3. The van der Waals surface area contributed by atoms with Gasteiger partial charge in [0.1, 0.15) is 6.10 Å². The highest BCUT2D eigenvalue weighted by Crippen LogP contribution is 2.09. The Labute approximate surface area is 147 Å². The maximum atomic E-state index is 11.5. The second kappa shape index (κ2) is 16.3. The molecular formula is C20H34O4. The van der Waals surface area contributed by atoms with Crippen LogP contribution in [0.25, 0.3) is 0 Å². The number of unbranched alkanes of at least 4 members (excludes halogenated alkanes) is 8. The van der Waals surface area contributed by atoms with E-state index in [4.69, 9.17) is 9.47 Å². The highest BCUT2D eigenvalue weighted by molar-refractivity contribution is 5.91. The largest absolute Gasteiger partial charge is 0.463 e. The number of esters is 2. The van der Waals surface area contributed by atoms with Crippen LogP contribution in [0.4, 0.5) is 0 Å². The van der Waals surface area contributed by atoms with Crippen LogP contribution in [0.2, 0.25) is 0 Å². The zero-order valence-corrected chi connectivity index (χ0v) is 15.4. The third-order valence-corrected chi connectivity index (χ3v) is 3.66. The molecule has 0 fully saturated rings.